The highest BCUT2D eigenvalue weighted by molar-refractivity contribution is 5.95. The molecule has 1 aliphatic carbocycles. The lowest BCUT2D eigenvalue weighted by Crippen LogP contribution is -2.37. The molecule has 30 heavy (non-hydrogen) atoms. The van der Waals surface area contributed by atoms with Crippen molar-refractivity contribution >= 4 is 23.3 Å². The van der Waals surface area contributed by atoms with Crippen LogP contribution < -0.4 is 5.32 Å². The van der Waals surface area contributed by atoms with Crippen molar-refractivity contribution in [2.45, 2.75) is 45.6 Å². The molecule has 2 aromatic rings. The number of benzene rings is 2. The molecular weight excluding hydrogens is 384 g/mol. The fourth-order valence-corrected chi connectivity index (χ4v) is 3.76. The van der Waals surface area contributed by atoms with Crippen LogP contribution in [0.25, 0.3) is 0 Å². The first-order chi connectivity index (χ1) is 14.5. The fourth-order valence-electron chi connectivity index (χ4n) is 3.76. The van der Waals surface area contributed by atoms with E-state index in [-0.39, 0.29) is 18.2 Å². The number of amides is 1. The summed E-state index contributed by atoms with van der Waals surface area (Å²) in [5.41, 5.74) is 2.57. The molecule has 2 atom stereocenters. The van der Waals surface area contributed by atoms with Crippen LogP contribution in [0.2, 0.25) is 0 Å². The summed E-state index contributed by atoms with van der Waals surface area (Å²) in [4.78, 5) is 35.8. The van der Waals surface area contributed by atoms with E-state index in [2.05, 4.69) is 12.2 Å². The number of hydrogen-bond donors (Lipinski definition) is 1. The van der Waals surface area contributed by atoms with E-state index < -0.39 is 22.7 Å². The van der Waals surface area contributed by atoms with Crippen molar-refractivity contribution in [2.75, 3.05) is 5.32 Å². The number of esters is 1. The lowest BCUT2D eigenvalue weighted by Gasteiger charge is -2.29. The lowest BCUT2D eigenvalue weighted by atomic mass is 9.78. The Labute approximate surface area is 175 Å². The van der Waals surface area contributed by atoms with E-state index in [0.29, 0.717) is 18.4 Å². The molecule has 7 nitrogen and oxygen atoms in total. The molecule has 1 aliphatic rings. The predicted molar refractivity (Wildman–Crippen MR) is 113 cm³/mol. The van der Waals surface area contributed by atoms with Crippen LogP contribution in [0.15, 0.2) is 48.5 Å². The lowest BCUT2D eigenvalue weighted by molar-refractivity contribution is -0.384. The number of carbonyl (C=O) groups excluding carboxylic acids is 2. The van der Waals surface area contributed by atoms with Crippen molar-refractivity contribution in [1.82, 2.24) is 0 Å². The zero-order valence-electron chi connectivity index (χ0n) is 17.0. The Kier molecular flexibility index (Phi) is 7.17. The van der Waals surface area contributed by atoms with Crippen molar-refractivity contribution < 1.29 is 19.2 Å². The summed E-state index contributed by atoms with van der Waals surface area (Å²) in [5.74, 6) is -1.45. The Morgan fingerprint density at radius 1 is 1.00 bits per heavy atom. The van der Waals surface area contributed by atoms with Gasteiger partial charge in [0, 0.05) is 17.8 Å². The predicted octanol–water partition coefficient (Wildman–Crippen LogP) is 4.65. The summed E-state index contributed by atoms with van der Waals surface area (Å²) >= 11 is 0. The molecular formula is C23H26N2O5. The van der Waals surface area contributed by atoms with E-state index in [4.69, 9.17) is 4.74 Å². The minimum absolute atomic E-state index is 0.0129. The normalized spacial score (nSPS) is 18.4. The number of carbonyl (C=O) groups is 2. The standard InChI is InChI=1S/C23H26N2O5/c1-2-16-7-11-18(12-8-16)24-22(26)20-5-3-4-6-21(20)23(27)30-15-17-9-13-19(14-10-17)25(28)29/h7-14,20-21H,2-6,15H2,1H3,(H,24,26)/t20-,21-/m1/s1. The topological polar surface area (TPSA) is 98.5 Å². The second-order valence-electron chi connectivity index (χ2n) is 7.57. The van der Waals surface area contributed by atoms with Gasteiger partial charge in [0.05, 0.1) is 16.8 Å². The molecule has 0 aromatic heterocycles. The van der Waals surface area contributed by atoms with Crippen molar-refractivity contribution in [3.05, 3.63) is 69.8 Å². The summed E-state index contributed by atoms with van der Waals surface area (Å²) in [7, 11) is 0. The molecule has 0 radical (unpaired) electrons. The third-order valence-electron chi connectivity index (χ3n) is 5.56. The fraction of sp³-hybridized carbons (Fsp3) is 0.391. The number of rotatable bonds is 7. The molecule has 1 amide bonds. The molecule has 0 aliphatic heterocycles. The van der Waals surface area contributed by atoms with Gasteiger partial charge in [0.25, 0.3) is 5.69 Å². The molecule has 0 heterocycles. The number of nitrogens with zero attached hydrogens (tertiary/aromatic N) is 1. The van der Waals surface area contributed by atoms with Crippen LogP contribution in [0.3, 0.4) is 0 Å². The van der Waals surface area contributed by atoms with Crippen LogP contribution in [0.5, 0.6) is 0 Å². The van der Waals surface area contributed by atoms with Crippen LogP contribution in [-0.4, -0.2) is 16.8 Å². The van der Waals surface area contributed by atoms with Crippen molar-refractivity contribution in [2.24, 2.45) is 11.8 Å². The quantitative estimate of drug-likeness (QED) is 0.407. The minimum Gasteiger partial charge on any atom is -0.461 e. The van der Waals surface area contributed by atoms with Crippen molar-refractivity contribution in [3.8, 4) is 0 Å². The molecule has 3 rings (SSSR count). The van der Waals surface area contributed by atoms with Gasteiger partial charge in [0.2, 0.25) is 5.91 Å². The maximum Gasteiger partial charge on any atom is 0.310 e. The van der Waals surface area contributed by atoms with Crippen LogP contribution in [0.4, 0.5) is 11.4 Å². The first-order valence-corrected chi connectivity index (χ1v) is 10.3. The van der Waals surface area contributed by atoms with Gasteiger partial charge in [0.1, 0.15) is 6.61 Å². The molecule has 0 spiro atoms. The monoisotopic (exact) mass is 410 g/mol. The number of anilines is 1. The third-order valence-corrected chi connectivity index (χ3v) is 5.56. The number of nitro groups is 1. The Balaban J connectivity index is 1.59. The van der Waals surface area contributed by atoms with Gasteiger partial charge in [0.15, 0.2) is 0 Å². The van der Waals surface area contributed by atoms with Gasteiger partial charge in [-0.25, -0.2) is 0 Å². The average Bonchev–Trinajstić information content (AvgIpc) is 2.78. The summed E-state index contributed by atoms with van der Waals surface area (Å²) < 4.78 is 5.44. The van der Waals surface area contributed by atoms with Crippen molar-refractivity contribution in [1.29, 1.82) is 0 Å². The average molecular weight is 410 g/mol. The molecule has 158 valence electrons. The first kappa shape index (κ1) is 21.5. The summed E-state index contributed by atoms with van der Waals surface area (Å²) in [6, 6.07) is 13.6. The van der Waals surface area contributed by atoms with E-state index >= 15 is 0 Å². The number of hydrogen-bond acceptors (Lipinski definition) is 5. The SMILES string of the molecule is CCc1ccc(NC(=O)[C@@H]2CCCC[C@H]2C(=O)OCc2ccc([N+](=O)[O-])cc2)cc1. The molecule has 0 bridgehead atoms. The van der Waals surface area contributed by atoms with Crippen LogP contribution in [0, 0.1) is 22.0 Å². The molecule has 0 unspecified atom stereocenters. The van der Waals surface area contributed by atoms with Gasteiger partial charge in [-0.2, -0.15) is 0 Å². The van der Waals surface area contributed by atoms with Gasteiger partial charge >= 0.3 is 5.97 Å². The molecule has 7 heteroatoms. The smallest absolute Gasteiger partial charge is 0.310 e. The Hall–Kier alpha value is -3.22. The number of nitro benzene ring substituents is 1. The largest absolute Gasteiger partial charge is 0.461 e. The Morgan fingerprint density at radius 2 is 1.60 bits per heavy atom. The first-order valence-electron chi connectivity index (χ1n) is 10.3. The second kappa shape index (κ2) is 10.0. The molecule has 2 aromatic carbocycles. The maximum atomic E-state index is 12.8. The summed E-state index contributed by atoms with van der Waals surface area (Å²) in [5, 5.41) is 13.7. The van der Waals surface area contributed by atoms with E-state index in [1.807, 2.05) is 24.3 Å². The number of aryl methyl sites for hydroxylation is 1. The van der Waals surface area contributed by atoms with E-state index in [1.165, 1.54) is 17.7 Å². The van der Waals surface area contributed by atoms with E-state index in [0.717, 1.165) is 24.9 Å². The van der Waals surface area contributed by atoms with Gasteiger partial charge in [-0.15, -0.1) is 0 Å². The highest BCUT2D eigenvalue weighted by atomic mass is 16.6. The summed E-state index contributed by atoms with van der Waals surface area (Å²) in [6.07, 6.45) is 3.98. The number of non-ortho nitro benzene ring substituents is 1. The minimum atomic E-state index is -0.480. The zero-order valence-corrected chi connectivity index (χ0v) is 17.0. The van der Waals surface area contributed by atoms with E-state index in [1.54, 1.807) is 12.1 Å². The van der Waals surface area contributed by atoms with Crippen LogP contribution in [-0.2, 0) is 27.4 Å². The number of ether oxygens (including phenoxy) is 1. The maximum absolute atomic E-state index is 12.8. The highest BCUT2D eigenvalue weighted by Crippen LogP contribution is 2.32. The molecule has 1 saturated carbocycles. The van der Waals surface area contributed by atoms with Crippen molar-refractivity contribution in [3.63, 3.8) is 0 Å². The molecule has 1 fully saturated rings. The highest BCUT2D eigenvalue weighted by Gasteiger charge is 2.36. The third kappa shape index (κ3) is 5.43. The number of nitrogens with one attached hydrogen (secondary N) is 1. The Morgan fingerprint density at radius 3 is 2.20 bits per heavy atom. The van der Waals surface area contributed by atoms with Gasteiger partial charge in [-0.05, 0) is 54.7 Å². The van der Waals surface area contributed by atoms with Crippen LogP contribution in [0.1, 0.15) is 43.7 Å². The van der Waals surface area contributed by atoms with Gasteiger partial charge < -0.3 is 10.1 Å². The second-order valence-corrected chi connectivity index (χ2v) is 7.57. The molecule has 0 saturated heterocycles. The van der Waals surface area contributed by atoms with Crippen LogP contribution >= 0.6 is 0 Å². The van der Waals surface area contributed by atoms with E-state index in [9.17, 15) is 19.7 Å². The van der Waals surface area contributed by atoms with Gasteiger partial charge in [-0.3, -0.25) is 19.7 Å². The zero-order chi connectivity index (χ0) is 21.5. The van der Waals surface area contributed by atoms with Gasteiger partial charge in [-0.1, -0.05) is 31.9 Å². The summed E-state index contributed by atoms with van der Waals surface area (Å²) in [6.45, 7) is 2.10. The molecule has 1 N–H and O–H groups in total. The Bertz CT molecular complexity index is 893.